The molecule has 0 aliphatic carbocycles. The predicted octanol–water partition coefficient (Wildman–Crippen LogP) is 3.62. The summed E-state index contributed by atoms with van der Waals surface area (Å²) in [4.78, 5) is 18.2. The monoisotopic (exact) mass is 397 g/mol. The second-order valence-electron chi connectivity index (χ2n) is 7.62. The number of hydrogen-bond donors (Lipinski definition) is 1. The van der Waals surface area contributed by atoms with Crippen molar-refractivity contribution in [3.05, 3.63) is 65.7 Å². The topological polar surface area (TPSA) is 35.6 Å². The third kappa shape index (κ3) is 6.66. The Labute approximate surface area is 173 Å². The Bertz CT molecular complexity index is 727. The van der Waals surface area contributed by atoms with E-state index < -0.39 is 0 Å². The van der Waals surface area contributed by atoms with Crippen molar-refractivity contribution < 1.29 is 4.79 Å². The average Bonchev–Trinajstić information content (AvgIpc) is 2.70. The van der Waals surface area contributed by atoms with Gasteiger partial charge in [-0.15, -0.1) is 11.8 Å². The van der Waals surface area contributed by atoms with Gasteiger partial charge < -0.3 is 5.32 Å². The molecule has 2 aromatic carbocycles. The molecule has 0 atom stereocenters. The molecule has 2 aromatic rings. The number of amides is 1. The number of thioether (sulfide) groups is 1. The minimum Gasteiger partial charge on any atom is -0.352 e. The van der Waals surface area contributed by atoms with Crippen LogP contribution in [-0.4, -0.2) is 54.7 Å². The van der Waals surface area contributed by atoms with Crippen LogP contribution in [0, 0.1) is 0 Å². The molecule has 1 heterocycles. The standard InChI is InChI=1S/C23H31N3OS/c1-25(16-20-8-10-22(28-2)11-9-20)18-23(27)24-21-12-14-26(15-13-21)17-19-6-4-3-5-7-19/h3-11,21H,12-18H2,1-2H3,(H,24,27). The molecule has 1 aliphatic heterocycles. The van der Waals surface area contributed by atoms with Crippen LogP contribution in [0.1, 0.15) is 24.0 Å². The van der Waals surface area contributed by atoms with Gasteiger partial charge in [0.25, 0.3) is 0 Å². The Kier molecular flexibility index (Phi) is 7.95. The molecule has 1 N–H and O–H groups in total. The SMILES string of the molecule is CSc1ccc(CN(C)CC(=O)NC2CCN(Cc3ccccc3)CC2)cc1. The highest BCUT2D eigenvalue weighted by molar-refractivity contribution is 7.98. The lowest BCUT2D eigenvalue weighted by atomic mass is 10.0. The van der Waals surface area contributed by atoms with Gasteiger partial charge in [-0.25, -0.2) is 0 Å². The van der Waals surface area contributed by atoms with Crippen LogP contribution in [0.4, 0.5) is 0 Å². The van der Waals surface area contributed by atoms with E-state index in [0.29, 0.717) is 12.6 Å². The molecule has 0 spiro atoms. The third-order valence-corrected chi connectivity index (χ3v) is 5.97. The molecule has 5 heteroatoms. The predicted molar refractivity (Wildman–Crippen MR) is 117 cm³/mol. The molecule has 0 unspecified atom stereocenters. The van der Waals surface area contributed by atoms with Gasteiger partial charge in [0.1, 0.15) is 0 Å². The van der Waals surface area contributed by atoms with E-state index in [9.17, 15) is 4.79 Å². The zero-order valence-electron chi connectivity index (χ0n) is 16.9. The first-order chi connectivity index (χ1) is 13.6. The number of piperidine rings is 1. The summed E-state index contributed by atoms with van der Waals surface area (Å²) in [6, 6.07) is 19.5. The van der Waals surface area contributed by atoms with Crippen molar-refractivity contribution in [1.82, 2.24) is 15.1 Å². The number of nitrogens with zero attached hydrogens (tertiary/aromatic N) is 2. The highest BCUT2D eigenvalue weighted by atomic mass is 32.2. The summed E-state index contributed by atoms with van der Waals surface area (Å²) in [6.07, 6.45) is 4.13. The number of hydrogen-bond acceptors (Lipinski definition) is 4. The van der Waals surface area contributed by atoms with Gasteiger partial charge in [-0.3, -0.25) is 14.6 Å². The van der Waals surface area contributed by atoms with Crippen molar-refractivity contribution in [3.8, 4) is 0 Å². The lowest BCUT2D eigenvalue weighted by molar-refractivity contribution is -0.123. The van der Waals surface area contributed by atoms with Crippen LogP contribution >= 0.6 is 11.8 Å². The molecule has 28 heavy (non-hydrogen) atoms. The van der Waals surface area contributed by atoms with Crippen LogP contribution in [0.5, 0.6) is 0 Å². The first-order valence-electron chi connectivity index (χ1n) is 9.99. The van der Waals surface area contributed by atoms with E-state index in [1.807, 2.05) is 7.05 Å². The highest BCUT2D eigenvalue weighted by Crippen LogP contribution is 2.16. The Morgan fingerprint density at radius 3 is 2.39 bits per heavy atom. The van der Waals surface area contributed by atoms with Crippen LogP contribution in [0.3, 0.4) is 0 Å². The molecular weight excluding hydrogens is 366 g/mol. The van der Waals surface area contributed by atoms with Crippen molar-refractivity contribution in [2.75, 3.05) is 32.9 Å². The number of nitrogens with one attached hydrogen (secondary N) is 1. The van der Waals surface area contributed by atoms with E-state index in [-0.39, 0.29) is 5.91 Å². The maximum absolute atomic E-state index is 12.4. The van der Waals surface area contributed by atoms with Gasteiger partial charge in [-0.2, -0.15) is 0 Å². The van der Waals surface area contributed by atoms with Crippen LogP contribution in [0.2, 0.25) is 0 Å². The van der Waals surface area contributed by atoms with E-state index in [1.54, 1.807) is 11.8 Å². The van der Waals surface area contributed by atoms with Gasteiger partial charge in [-0.05, 0) is 49.4 Å². The normalized spacial score (nSPS) is 15.7. The lowest BCUT2D eigenvalue weighted by Crippen LogP contribution is -2.46. The lowest BCUT2D eigenvalue weighted by Gasteiger charge is -2.32. The fraction of sp³-hybridized carbons (Fsp3) is 0.435. The number of benzene rings is 2. The van der Waals surface area contributed by atoms with Crippen LogP contribution < -0.4 is 5.32 Å². The molecule has 1 aliphatic rings. The van der Waals surface area contributed by atoms with Crippen LogP contribution in [0.25, 0.3) is 0 Å². The minimum absolute atomic E-state index is 0.129. The largest absolute Gasteiger partial charge is 0.352 e. The first-order valence-corrected chi connectivity index (χ1v) is 11.2. The molecule has 0 bridgehead atoms. The molecular formula is C23H31N3OS. The summed E-state index contributed by atoms with van der Waals surface area (Å²) in [5.74, 6) is 0.129. The molecule has 1 saturated heterocycles. The molecule has 1 fully saturated rings. The van der Waals surface area contributed by atoms with Crippen LogP contribution in [-0.2, 0) is 17.9 Å². The summed E-state index contributed by atoms with van der Waals surface area (Å²) in [5.41, 5.74) is 2.60. The second-order valence-corrected chi connectivity index (χ2v) is 8.50. The molecule has 150 valence electrons. The first kappa shape index (κ1) is 20.9. The summed E-state index contributed by atoms with van der Waals surface area (Å²) in [6.45, 7) is 4.31. The highest BCUT2D eigenvalue weighted by Gasteiger charge is 2.21. The van der Waals surface area contributed by atoms with Crippen molar-refractivity contribution in [2.45, 2.75) is 36.9 Å². The van der Waals surface area contributed by atoms with Gasteiger partial charge in [0, 0.05) is 37.1 Å². The maximum atomic E-state index is 12.4. The van der Waals surface area contributed by atoms with Gasteiger partial charge in [0.2, 0.25) is 5.91 Å². The smallest absolute Gasteiger partial charge is 0.234 e. The Morgan fingerprint density at radius 1 is 1.07 bits per heavy atom. The number of carbonyl (C=O) groups excluding carboxylic acids is 1. The third-order valence-electron chi connectivity index (χ3n) is 5.23. The Morgan fingerprint density at radius 2 is 1.75 bits per heavy atom. The average molecular weight is 398 g/mol. The van der Waals surface area contributed by atoms with Crippen molar-refractivity contribution >= 4 is 17.7 Å². The molecule has 3 rings (SSSR count). The fourth-order valence-electron chi connectivity index (χ4n) is 3.69. The Hall–Kier alpha value is -1.82. The fourth-order valence-corrected chi connectivity index (χ4v) is 4.10. The summed E-state index contributed by atoms with van der Waals surface area (Å²) in [5, 5.41) is 3.23. The quantitative estimate of drug-likeness (QED) is 0.690. The Balaban J connectivity index is 1.36. The second kappa shape index (κ2) is 10.6. The van der Waals surface area contributed by atoms with E-state index >= 15 is 0 Å². The summed E-state index contributed by atoms with van der Waals surface area (Å²) in [7, 11) is 2.00. The van der Waals surface area contributed by atoms with Gasteiger partial charge in [-0.1, -0.05) is 42.5 Å². The van der Waals surface area contributed by atoms with Crippen molar-refractivity contribution in [1.29, 1.82) is 0 Å². The summed E-state index contributed by atoms with van der Waals surface area (Å²) < 4.78 is 0. The zero-order valence-corrected chi connectivity index (χ0v) is 17.8. The van der Waals surface area contributed by atoms with E-state index in [4.69, 9.17) is 0 Å². The van der Waals surface area contributed by atoms with E-state index in [1.165, 1.54) is 16.0 Å². The molecule has 4 nitrogen and oxygen atoms in total. The molecule has 0 radical (unpaired) electrons. The molecule has 1 amide bonds. The number of carbonyl (C=O) groups is 1. The summed E-state index contributed by atoms with van der Waals surface area (Å²) >= 11 is 1.75. The van der Waals surface area contributed by atoms with E-state index in [2.05, 4.69) is 76.0 Å². The van der Waals surface area contributed by atoms with Gasteiger partial charge in [0.05, 0.1) is 6.54 Å². The van der Waals surface area contributed by atoms with Crippen molar-refractivity contribution in [3.63, 3.8) is 0 Å². The number of rotatable bonds is 8. The minimum atomic E-state index is 0.129. The molecule has 0 saturated carbocycles. The van der Waals surface area contributed by atoms with Crippen LogP contribution in [0.15, 0.2) is 59.5 Å². The maximum Gasteiger partial charge on any atom is 0.234 e. The van der Waals surface area contributed by atoms with Gasteiger partial charge >= 0.3 is 0 Å². The van der Waals surface area contributed by atoms with E-state index in [0.717, 1.165) is 39.0 Å². The molecule has 0 aromatic heterocycles. The zero-order chi connectivity index (χ0) is 19.8. The van der Waals surface area contributed by atoms with Gasteiger partial charge in [0.15, 0.2) is 0 Å². The van der Waals surface area contributed by atoms with Crippen molar-refractivity contribution in [2.24, 2.45) is 0 Å². The number of likely N-dealkylation sites (tertiary alicyclic amines) is 1. The number of likely N-dealkylation sites (N-methyl/N-ethyl adjacent to an activating group) is 1.